The molecule has 1 aromatic rings. The third-order valence-corrected chi connectivity index (χ3v) is 5.96. The molecule has 0 aliphatic carbocycles. The first-order chi connectivity index (χ1) is 13.0. The molecule has 1 N–H and O–H groups in total. The summed E-state index contributed by atoms with van der Waals surface area (Å²) in [5, 5.41) is 6.41. The van der Waals surface area contributed by atoms with Gasteiger partial charge in [-0.05, 0) is 30.2 Å². The lowest BCUT2D eigenvalue weighted by molar-refractivity contribution is -0.145. The van der Waals surface area contributed by atoms with Gasteiger partial charge in [-0.15, -0.1) is 0 Å². The van der Waals surface area contributed by atoms with Gasteiger partial charge < -0.3 is 14.8 Å². The van der Waals surface area contributed by atoms with Gasteiger partial charge in [-0.3, -0.25) is 4.79 Å². The summed E-state index contributed by atoms with van der Waals surface area (Å²) in [6.45, 7) is 2.41. The number of hydrogen-bond donors (Lipinski definition) is 1. The van der Waals surface area contributed by atoms with Gasteiger partial charge in [0.2, 0.25) is 0 Å². The van der Waals surface area contributed by atoms with Crippen LogP contribution in [0.15, 0.2) is 29.4 Å². The molecule has 0 spiro atoms. The van der Waals surface area contributed by atoms with Crippen molar-refractivity contribution in [1.82, 2.24) is 5.32 Å². The second kappa shape index (κ2) is 13.2. The lowest BCUT2D eigenvalue weighted by Crippen LogP contribution is -2.31. The van der Waals surface area contributed by atoms with Gasteiger partial charge in [0.15, 0.2) is 0 Å². The van der Waals surface area contributed by atoms with Crippen LogP contribution in [0.1, 0.15) is 25.3 Å². The van der Waals surface area contributed by atoms with E-state index in [0.29, 0.717) is 18.7 Å². The third-order valence-electron chi connectivity index (χ3n) is 3.70. The molecular formula is C17H24N4O4S2. The summed E-state index contributed by atoms with van der Waals surface area (Å²) in [6, 6.07) is 6.78. The fourth-order valence-corrected chi connectivity index (χ4v) is 4.15. The molecule has 0 aromatic heterocycles. The van der Waals surface area contributed by atoms with Crippen LogP contribution < -0.4 is 5.32 Å². The van der Waals surface area contributed by atoms with E-state index in [0.717, 1.165) is 12.0 Å². The number of benzene rings is 1. The van der Waals surface area contributed by atoms with Crippen molar-refractivity contribution in [2.24, 2.45) is 11.0 Å². The summed E-state index contributed by atoms with van der Waals surface area (Å²) in [6.07, 6.45) is 2.95. The van der Waals surface area contributed by atoms with Crippen LogP contribution in [-0.4, -0.2) is 37.2 Å². The molecule has 0 radical (unpaired) electrons. The molecule has 1 rings (SSSR count). The van der Waals surface area contributed by atoms with Crippen LogP contribution in [-0.2, 0) is 20.9 Å². The van der Waals surface area contributed by atoms with E-state index in [2.05, 4.69) is 15.3 Å². The Morgan fingerprint density at radius 1 is 1.30 bits per heavy atom. The predicted molar refractivity (Wildman–Crippen MR) is 109 cm³/mol. The number of nitrogens with one attached hydrogen (secondary N) is 1. The van der Waals surface area contributed by atoms with Crippen LogP contribution in [0.2, 0.25) is 0 Å². The quantitative estimate of drug-likeness (QED) is 0.183. The molecule has 2 unspecified atom stereocenters. The van der Waals surface area contributed by atoms with Crippen molar-refractivity contribution in [1.29, 1.82) is 0 Å². The van der Waals surface area contributed by atoms with E-state index < -0.39 is 6.09 Å². The highest BCUT2D eigenvalue weighted by Gasteiger charge is 2.17. The molecular weight excluding hydrogens is 388 g/mol. The van der Waals surface area contributed by atoms with Crippen molar-refractivity contribution in [3.05, 3.63) is 40.3 Å². The molecule has 0 aliphatic heterocycles. The number of esters is 1. The SMILES string of the molecule is COC(=O)C(C)CCC(CNC(=O)OCc1ccc(N=[N+]=[N-])cc1)SSC. The first kappa shape index (κ1) is 23.0. The van der Waals surface area contributed by atoms with Crippen LogP contribution in [0, 0.1) is 5.92 Å². The van der Waals surface area contributed by atoms with Gasteiger partial charge >= 0.3 is 12.1 Å². The smallest absolute Gasteiger partial charge is 0.407 e. The fourth-order valence-electron chi connectivity index (χ4n) is 2.18. The Morgan fingerprint density at radius 2 is 2.00 bits per heavy atom. The number of nitrogens with zero attached hydrogens (tertiary/aromatic N) is 3. The topological polar surface area (TPSA) is 113 Å². The standard InChI is InChI=1S/C17H24N4O4S2/c1-12(16(22)24-2)4-9-15(27-26-3)10-19-17(23)25-11-13-5-7-14(8-6-13)20-21-18/h5-8,12,15H,4,9-11H2,1-3H3,(H,19,23). The van der Waals surface area contributed by atoms with Gasteiger partial charge in [-0.2, -0.15) is 0 Å². The van der Waals surface area contributed by atoms with Gasteiger partial charge in [-0.1, -0.05) is 57.9 Å². The molecule has 0 saturated heterocycles. The molecule has 8 nitrogen and oxygen atoms in total. The number of hydrogen-bond acceptors (Lipinski definition) is 7. The van der Waals surface area contributed by atoms with E-state index >= 15 is 0 Å². The second-order valence-electron chi connectivity index (χ2n) is 5.70. The van der Waals surface area contributed by atoms with Crippen LogP contribution in [0.4, 0.5) is 10.5 Å². The molecule has 27 heavy (non-hydrogen) atoms. The van der Waals surface area contributed by atoms with Gasteiger partial charge in [0.1, 0.15) is 6.61 Å². The monoisotopic (exact) mass is 412 g/mol. The minimum absolute atomic E-state index is 0.127. The van der Waals surface area contributed by atoms with Gasteiger partial charge in [0, 0.05) is 22.4 Å². The zero-order chi connectivity index (χ0) is 20.1. The predicted octanol–water partition coefficient (Wildman–Crippen LogP) is 4.82. The largest absolute Gasteiger partial charge is 0.469 e. The number of rotatable bonds is 11. The van der Waals surface area contributed by atoms with E-state index in [-0.39, 0.29) is 23.7 Å². The van der Waals surface area contributed by atoms with Crippen LogP contribution >= 0.6 is 21.6 Å². The number of methoxy groups -OCH3 is 1. The number of carbonyl (C=O) groups is 2. The summed E-state index contributed by atoms with van der Waals surface area (Å²) in [4.78, 5) is 26.1. The highest BCUT2D eigenvalue weighted by Crippen LogP contribution is 2.28. The number of amides is 1. The molecule has 0 bridgehead atoms. The number of azide groups is 1. The molecule has 0 fully saturated rings. The van der Waals surface area contributed by atoms with Crippen molar-refractivity contribution >= 4 is 39.3 Å². The lowest BCUT2D eigenvalue weighted by Gasteiger charge is -2.17. The molecule has 0 heterocycles. The van der Waals surface area contributed by atoms with Crippen molar-refractivity contribution in [2.45, 2.75) is 31.6 Å². The highest BCUT2D eigenvalue weighted by molar-refractivity contribution is 8.76. The number of carbonyl (C=O) groups excluding carboxylic acids is 2. The fraction of sp³-hybridized carbons (Fsp3) is 0.529. The molecule has 1 aromatic carbocycles. The molecule has 148 valence electrons. The Morgan fingerprint density at radius 3 is 2.59 bits per heavy atom. The Bertz CT molecular complexity index is 651. The minimum Gasteiger partial charge on any atom is -0.469 e. The molecule has 0 saturated carbocycles. The van der Waals surface area contributed by atoms with E-state index in [4.69, 9.17) is 15.0 Å². The minimum atomic E-state index is -0.498. The Balaban J connectivity index is 2.38. The van der Waals surface area contributed by atoms with Crippen LogP contribution in [0.3, 0.4) is 0 Å². The summed E-state index contributed by atoms with van der Waals surface area (Å²) in [5.41, 5.74) is 9.67. The summed E-state index contributed by atoms with van der Waals surface area (Å²) < 4.78 is 9.93. The first-order valence-electron chi connectivity index (χ1n) is 8.32. The Kier molecular flexibility index (Phi) is 11.2. The first-order valence-corrected chi connectivity index (χ1v) is 10.9. The summed E-state index contributed by atoms with van der Waals surface area (Å²) >= 11 is 0. The maximum atomic E-state index is 11.9. The van der Waals surface area contributed by atoms with E-state index in [1.807, 2.05) is 13.2 Å². The van der Waals surface area contributed by atoms with E-state index in [1.165, 1.54) is 7.11 Å². The normalized spacial score (nSPS) is 12.4. The third kappa shape index (κ3) is 9.46. The van der Waals surface area contributed by atoms with E-state index in [1.54, 1.807) is 45.9 Å². The second-order valence-corrected chi connectivity index (χ2v) is 8.47. The average molecular weight is 413 g/mol. The Hall–Kier alpha value is -2.03. The van der Waals surface area contributed by atoms with Gasteiger partial charge in [0.25, 0.3) is 0 Å². The lowest BCUT2D eigenvalue weighted by atomic mass is 10.0. The molecule has 1 amide bonds. The van der Waals surface area contributed by atoms with E-state index in [9.17, 15) is 9.59 Å². The zero-order valence-electron chi connectivity index (χ0n) is 15.6. The van der Waals surface area contributed by atoms with Gasteiger partial charge in [-0.25, -0.2) is 4.79 Å². The highest BCUT2D eigenvalue weighted by atomic mass is 33.1. The van der Waals surface area contributed by atoms with Crippen molar-refractivity contribution in [2.75, 3.05) is 19.9 Å². The van der Waals surface area contributed by atoms with Crippen LogP contribution in [0.25, 0.3) is 10.4 Å². The maximum absolute atomic E-state index is 11.9. The maximum Gasteiger partial charge on any atom is 0.407 e. The van der Waals surface area contributed by atoms with Crippen molar-refractivity contribution in [3.63, 3.8) is 0 Å². The Labute approximate surface area is 166 Å². The summed E-state index contributed by atoms with van der Waals surface area (Å²) in [5.74, 6) is -0.387. The number of alkyl carbamates (subject to hydrolysis) is 1. The zero-order valence-corrected chi connectivity index (χ0v) is 17.2. The summed E-state index contributed by atoms with van der Waals surface area (Å²) in [7, 11) is 4.66. The molecule has 2 atom stereocenters. The average Bonchev–Trinajstić information content (AvgIpc) is 2.68. The number of ether oxygens (including phenoxy) is 2. The van der Waals surface area contributed by atoms with Gasteiger partial charge in [0.05, 0.1) is 13.0 Å². The van der Waals surface area contributed by atoms with Crippen molar-refractivity contribution < 1.29 is 19.1 Å². The van der Waals surface area contributed by atoms with Crippen LogP contribution in [0.5, 0.6) is 0 Å². The van der Waals surface area contributed by atoms with Crippen molar-refractivity contribution in [3.8, 4) is 0 Å². The molecule has 0 aliphatic rings. The molecule has 10 heteroatoms.